The van der Waals surface area contributed by atoms with Gasteiger partial charge in [-0.05, 0) is 25.5 Å². The van der Waals surface area contributed by atoms with E-state index in [2.05, 4.69) is 5.32 Å². The predicted octanol–water partition coefficient (Wildman–Crippen LogP) is 0.749. The van der Waals surface area contributed by atoms with Gasteiger partial charge in [0.15, 0.2) is 5.56 Å². The van der Waals surface area contributed by atoms with Gasteiger partial charge in [-0.3, -0.25) is 14.4 Å². The van der Waals surface area contributed by atoms with Gasteiger partial charge in [-0.2, -0.15) is 0 Å². The van der Waals surface area contributed by atoms with E-state index in [-0.39, 0.29) is 12.0 Å². The monoisotopic (exact) mass is 334 g/mol. The summed E-state index contributed by atoms with van der Waals surface area (Å²) in [7, 11) is 0. The van der Waals surface area contributed by atoms with Crippen molar-refractivity contribution in [3.05, 3.63) is 40.2 Å². The normalized spacial score (nSPS) is 11.9. The van der Waals surface area contributed by atoms with Gasteiger partial charge in [0.05, 0.1) is 5.52 Å². The number of carbonyl (C=O) groups excluding carboxylic acids is 1. The van der Waals surface area contributed by atoms with E-state index in [1.165, 1.54) is 13.0 Å². The van der Waals surface area contributed by atoms with Crippen molar-refractivity contribution >= 4 is 22.8 Å². The maximum atomic E-state index is 12.6. The molecule has 8 nitrogen and oxygen atoms in total. The lowest BCUT2D eigenvalue weighted by atomic mass is 10.1. The minimum Gasteiger partial charge on any atom is -0.506 e. The number of hydrogen-bond donors (Lipinski definition) is 3. The van der Waals surface area contributed by atoms with Crippen LogP contribution in [0.15, 0.2) is 29.1 Å². The highest BCUT2D eigenvalue weighted by molar-refractivity contribution is 6.03. The molecule has 1 atom stereocenters. The van der Waals surface area contributed by atoms with Crippen molar-refractivity contribution in [2.24, 2.45) is 0 Å². The van der Waals surface area contributed by atoms with Crippen LogP contribution in [0.5, 0.6) is 5.75 Å². The Balaban J connectivity index is 2.63. The molecule has 0 aliphatic rings. The first kappa shape index (κ1) is 17.3. The number of carboxylic acids is 1. The summed E-state index contributed by atoms with van der Waals surface area (Å²) in [5.74, 6) is -2.75. The van der Waals surface area contributed by atoms with Gasteiger partial charge in [-0.1, -0.05) is 19.1 Å². The number of carbonyl (C=O) groups is 2. The standard InChI is InChI=1S/C16H18N2O6/c1-3-8-24-18-11-7-5-4-6-10(11)13(19)12(15(18)21)14(20)17-9(2)16(22)23/h4-7,9,19H,3,8H2,1-2H3,(H,17,20)(H,22,23)/t9-/m0/s1. The molecule has 0 spiro atoms. The van der Waals surface area contributed by atoms with Crippen LogP contribution in [0.25, 0.3) is 10.9 Å². The quantitative estimate of drug-likeness (QED) is 0.717. The van der Waals surface area contributed by atoms with Crippen molar-refractivity contribution in [2.45, 2.75) is 26.3 Å². The highest BCUT2D eigenvalue weighted by Crippen LogP contribution is 2.25. The minimum atomic E-state index is -1.26. The number of carboxylic acid groups (broad SMARTS) is 1. The Morgan fingerprint density at radius 1 is 1.33 bits per heavy atom. The van der Waals surface area contributed by atoms with Crippen molar-refractivity contribution in [1.82, 2.24) is 10.0 Å². The van der Waals surface area contributed by atoms with E-state index in [4.69, 9.17) is 9.94 Å². The molecule has 3 N–H and O–H groups in total. The van der Waals surface area contributed by atoms with E-state index in [9.17, 15) is 19.5 Å². The molecular formula is C16H18N2O6. The van der Waals surface area contributed by atoms with Gasteiger partial charge in [-0.25, -0.2) is 0 Å². The molecule has 0 bridgehead atoms. The number of benzene rings is 1. The average molecular weight is 334 g/mol. The Labute approximate surface area is 137 Å². The lowest BCUT2D eigenvalue weighted by Gasteiger charge is -2.15. The molecule has 2 rings (SSSR count). The number of nitrogens with zero attached hydrogens (tertiary/aromatic N) is 1. The first-order valence-corrected chi connectivity index (χ1v) is 7.42. The van der Waals surface area contributed by atoms with Gasteiger partial charge < -0.3 is 20.4 Å². The molecule has 1 aromatic carbocycles. The maximum absolute atomic E-state index is 12.6. The maximum Gasteiger partial charge on any atom is 0.325 e. The summed E-state index contributed by atoms with van der Waals surface area (Å²) in [6.07, 6.45) is 0.638. The van der Waals surface area contributed by atoms with Crippen molar-refractivity contribution in [2.75, 3.05) is 6.61 Å². The van der Waals surface area contributed by atoms with E-state index >= 15 is 0 Å². The van der Waals surface area contributed by atoms with Crippen molar-refractivity contribution in [3.8, 4) is 5.75 Å². The Kier molecular flexibility index (Phi) is 5.08. The topological polar surface area (TPSA) is 118 Å². The molecule has 0 aliphatic carbocycles. The van der Waals surface area contributed by atoms with Crippen LogP contribution in [0.1, 0.15) is 30.6 Å². The van der Waals surface area contributed by atoms with Crippen LogP contribution >= 0.6 is 0 Å². The summed E-state index contributed by atoms with van der Waals surface area (Å²) in [4.78, 5) is 41.1. The Morgan fingerprint density at radius 3 is 2.62 bits per heavy atom. The minimum absolute atomic E-state index is 0.237. The smallest absolute Gasteiger partial charge is 0.325 e. The Morgan fingerprint density at radius 2 is 2.00 bits per heavy atom. The average Bonchev–Trinajstić information content (AvgIpc) is 2.54. The van der Waals surface area contributed by atoms with E-state index in [0.717, 1.165) is 4.73 Å². The summed E-state index contributed by atoms with van der Waals surface area (Å²) >= 11 is 0. The molecule has 1 aromatic heterocycles. The van der Waals surface area contributed by atoms with Crippen LogP contribution < -0.4 is 15.7 Å². The van der Waals surface area contributed by atoms with Gasteiger partial charge in [-0.15, -0.1) is 4.73 Å². The molecule has 0 unspecified atom stereocenters. The lowest BCUT2D eigenvalue weighted by Crippen LogP contribution is -2.42. The van der Waals surface area contributed by atoms with Crippen LogP contribution in [0.4, 0.5) is 0 Å². The SMILES string of the molecule is CCCOn1c(=O)c(C(=O)N[C@@H](C)C(=O)O)c(O)c2ccccc21. The van der Waals surface area contributed by atoms with E-state index in [1.807, 2.05) is 6.92 Å². The highest BCUT2D eigenvalue weighted by atomic mass is 16.7. The van der Waals surface area contributed by atoms with Crippen LogP contribution in [0, 0.1) is 0 Å². The molecular weight excluding hydrogens is 316 g/mol. The molecule has 2 aromatic rings. The second kappa shape index (κ2) is 7.03. The molecule has 24 heavy (non-hydrogen) atoms. The Hall–Kier alpha value is -3.03. The van der Waals surface area contributed by atoms with Gasteiger partial charge in [0.1, 0.15) is 18.4 Å². The number of rotatable bonds is 6. The lowest BCUT2D eigenvalue weighted by molar-refractivity contribution is -0.138. The molecule has 128 valence electrons. The number of nitrogens with one attached hydrogen (secondary N) is 1. The van der Waals surface area contributed by atoms with Gasteiger partial charge >= 0.3 is 5.97 Å². The number of para-hydroxylation sites is 1. The molecule has 8 heteroatoms. The number of aliphatic carboxylic acids is 1. The number of aromatic nitrogens is 1. The van der Waals surface area contributed by atoms with E-state index in [1.54, 1.807) is 18.2 Å². The molecule has 1 heterocycles. The molecule has 0 fully saturated rings. The summed E-state index contributed by atoms with van der Waals surface area (Å²) in [5, 5.41) is 21.6. The first-order chi connectivity index (χ1) is 11.4. The second-order valence-corrected chi connectivity index (χ2v) is 5.21. The fraction of sp³-hybridized carbons (Fsp3) is 0.312. The fourth-order valence-corrected chi connectivity index (χ4v) is 2.14. The summed E-state index contributed by atoms with van der Waals surface area (Å²) in [6, 6.07) is 5.20. The predicted molar refractivity (Wildman–Crippen MR) is 86.2 cm³/mol. The van der Waals surface area contributed by atoms with Crippen LogP contribution in [0.2, 0.25) is 0 Å². The van der Waals surface area contributed by atoms with Crippen LogP contribution in [-0.2, 0) is 4.79 Å². The van der Waals surface area contributed by atoms with E-state index < -0.39 is 34.8 Å². The number of amides is 1. The van der Waals surface area contributed by atoms with Crippen molar-refractivity contribution in [1.29, 1.82) is 0 Å². The van der Waals surface area contributed by atoms with Gasteiger partial charge in [0.2, 0.25) is 0 Å². The zero-order valence-corrected chi connectivity index (χ0v) is 13.3. The number of fused-ring (bicyclic) bond motifs is 1. The zero-order chi connectivity index (χ0) is 17.9. The summed E-state index contributed by atoms with van der Waals surface area (Å²) in [5.41, 5.74) is -1.09. The first-order valence-electron chi connectivity index (χ1n) is 7.42. The third-order valence-electron chi connectivity index (χ3n) is 3.38. The molecule has 1 amide bonds. The van der Waals surface area contributed by atoms with Crippen molar-refractivity contribution < 1.29 is 24.6 Å². The third-order valence-corrected chi connectivity index (χ3v) is 3.38. The van der Waals surface area contributed by atoms with Crippen molar-refractivity contribution in [3.63, 3.8) is 0 Å². The molecule has 0 radical (unpaired) electrons. The van der Waals surface area contributed by atoms with E-state index in [0.29, 0.717) is 11.9 Å². The Bertz CT molecular complexity index is 842. The molecule has 0 saturated carbocycles. The number of pyridine rings is 1. The second-order valence-electron chi connectivity index (χ2n) is 5.21. The van der Waals surface area contributed by atoms with Crippen LogP contribution in [0.3, 0.4) is 0 Å². The zero-order valence-electron chi connectivity index (χ0n) is 13.3. The number of hydrogen-bond acceptors (Lipinski definition) is 5. The molecule has 0 saturated heterocycles. The van der Waals surface area contributed by atoms with Crippen LogP contribution in [-0.4, -0.2) is 39.5 Å². The largest absolute Gasteiger partial charge is 0.506 e. The summed E-state index contributed by atoms with van der Waals surface area (Å²) in [6.45, 7) is 3.35. The summed E-state index contributed by atoms with van der Waals surface area (Å²) < 4.78 is 0.943. The number of aromatic hydroxyl groups is 1. The molecule has 0 aliphatic heterocycles. The third kappa shape index (κ3) is 3.17. The van der Waals surface area contributed by atoms with Gasteiger partial charge in [0, 0.05) is 5.39 Å². The fourth-order valence-electron chi connectivity index (χ4n) is 2.14. The van der Waals surface area contributed by atoms with Gasteiger partial charge in [0.25, 0.3) is 11.5 Å². The highest BCUT2D eigenvalue weighted by Gasteiger charge is 2.25.